The molecule has 41 heavy (non-hydrogen) atoms. The van der Waals surface area contributed by atoms with E-state index < -0.39 is 11.9 Å². The number of nitrogens with one attached hydrogen (secondary N) is 1. The summed E-state index contributed by atoms with van der Waals surface area (Å²) in [4.78, 5) is 32.1. The van der Waals surface area contributed by atoms with Gasteiger partial charge in [0.05, 0.1) is 12.8 Å². The van der Waals surface area contributed by atoms with Crippen molar-refractivity contribution in [3.63, 3.8) is 0 Å². The van der Waals surface area contributed by atoms with Crippen molar-refractivity contribution in [1.29, 1.82) is 0 Å². The lowest BCUT2D eigenvalue weighted by Crippen LogP contribution is -2.32. The van der Waals surface area contributed by atoms with Crippen molar-refractivity contribution in [1.82, 2.24) is 34.3 Å². The van der Waals surface area contributed by atoms with Gasteiger partial charge in [-0.3, -0.25) is 18.8 Å². The second-order valence-corrected chi connectivity index (χ2v) is 9.63. The van der Waals surface area contributed by atoms with Crippen LogP contribution in [0.5, 0.6) is 0 Å². The Morgan fingerprint density at radius 3 is 2.68 bits per heavy atom. The molecule has 10 nitrogen and oxygen atoms in total. The van der Waals surface area contributed by atoms with Crippen LogP contribution in [0.25, 0.3) is 22.1 Å². The van der Waals surface area contributed by atoms with Gasteiger partial charge in [-0.15, -0.1) is 5.10 Å². The first-order valence-electron chi connectivity index (χ1n) is 13.3. The molecule has 0 bridgehead atoms. The molecule has 6 aromatic rings. The van der Waals surface area contributed by atoms with Crippen molar-refractivity contribution in [2.75, 3.05) is 5.73 Å². The fourth-order valence-corrected chi connectivity index (χ4v) is 4.80. The summed E-state index contributed by atoms with van der Waals surface area (Å²) in [5.74, 6) is 5.46. The molecule has 0 aliphatic heterocycles. The van der Waals surface area contributed by atoms with Gasteiger partial charge in [0.2, 0.25) is 0 Å². The number of fused-ring (bicyclic) bond motifs is 2. The van der Waals surface area contributed by atoms with Gasteiger partial charge in [-0.25, -0.2) is 9.50 Å². The highest BCUT2D eigenvalue weighted by atomic mass is 16.2. The van der Waals surface area contributed by atoms with Gasteiger partial charge in [-0.1, -0.05) is 30.2 Å². The zero-order chi connectivity index (χ0) is 29.6. The van der Waals surface area contributed by atoms with Crippen LogP contribution < -0.4 is 16.6 Å². The predicted octanol–water partition coefficient (Wildman–Crippen LogP) is 3.55. The Morgan fingerprint density at radius 1 is 1.07 bits per heavy atom. The maximum Gasteiger partial charge on any atom is 0.264 e. The van der Waals surface area contributed by atoms with E-state index in [-0.39, 0.29) is 28.3 Å². The topological polar surface area (TPSA) is 125 Å². The van der Waals surface area contributed by atoms with E-state index in [4.69, 9.17) is 5.73 Å². The number of hydrogen-bond donors (Lipinski definition) is 2. The van der Waals surface area contributed by atoms with Crippen LogP contribution >= 0.6 is 0 Å². The van der Waals surface area contributed by atoms with Crippen molar-refractivity contribution >= 4 is 28.1 Å². The summed E-state index contributed by atoms with van der Waals surface area (Å²) in [6, 6.07) is 16.2. The second-order valence-electron chi connectivity index (χ2n) is 9.63. The number of pyridine rings is 1. The minimum Gasteiger partial charge on any atom is -0.381 e. The Hall–Kier alpha value is -5.69. The van der Waals surface area contributed by atoms with Gasteiger partial charge in [0, 0.05) is 42.6 Å². The number of aromatic nitrogens is 6. The molecule has 1 atom stereocenters. The number of amides is 1. The summed E-state index contributed by atoms with van der Waals surface area (Å²) in [5.41, 5.74) is 8.83. The summed E-state index contributed by atoms with van der Waals surface area (Å²) in [5, 5.41) is 12.2. The zero-order valence-corrected chi connectivity index (χ0v) is 22.6. The fourth-order valence-electron chi connectivity index (χ4n) is 4.80. The average Bonchev–Trinajstić information content (AvgIpc) is 3.52. The zero-order valence-electron chi connectivity index (χ0n) is 23.6. The van der Waals surface area contributed by atoms with E-state index in [1.165, 1.54) is 22.2 Å². The minimum atomic E-state index is -1.78. The monoisotopic (exact) mass is 543 g/mol. The van der Waals surface area contributed by atoms with Crippen molar-refractivity contribution in [2.24, 2.45) is 7.05 Å². The SMILES string of the molecule is [2H][C@@](C)(NC(=O)c1c(N)nn2cccnc12)c1cc2cccc(C#Cc3ccn(C)n3)c2c(=O)n1-c1cccc(C)c1. The summed E-state index contributed by atoms with van der Waals surface area (Å²) in [7, 11) is 1.81. The third-order valence-electron chi connectivity index (χ3n) is 6.68. The summed E-state index contributed by atoms with van der Waals surface area (Å²) < 4.78 is 13.8. The smallest absolute Gasteiger partial charge is 0.264 e. The summed E-state index contributed by atoms with van der Waals surface area (Å²) in [6.45, 7) is 3.43. The highest BCUT2D eigenvalue weighted by Crippen LogP contribution is 2.25. The van der Waals surface area contributed by atoms with Crippen LogP contribution in [0.3, 0.4) is 0 Å². The third-order valence-corrected chi connectivity index (χ3v) is 6.68. The summed E-state index contributed by atoms with van der Waals surface area (Å²) >= 11 is 0. The third kappa shape index (κ3) is 4.70. The number of carbonyl (C=O) groups excluding carboxylic acids is 1. The van der Waals surface area contributed by atoms with E-state index in [1.807, 2.05) is 32.2 Å². The molecular weight excluding hydrogens is 516 g/mol. The lowest BCUT2D eigenvalue weighted by Gasteiger charge is -2.21. The van der Waals surface area contributed by atoms with Crippen LogP contribution in [0, 0.1) is 18.8 Å². The lowest BCUT2D eigenvalue weighted by molar-refractivity contribution is 0.0941. The molecule has 202 valence electrons. The molecule has 10 heteroatoms. The Morgan fingerprint density at radius 2 is 1.90 bits per heavy atom. The number of benzene rings is 2. The van der Waals surface area contributed by atoms with Crippen LogP contribution in [0.4, 0.5) is 5.82 Å². The number of anilines is 1. The number of nitrogen functional groups attached to an aromatic ring is 1. The predicted molar refractivity (Wildman–Crippen MR) is 157 cm³/mol. The second kappa shape index (κ2) is 10.1. The molecule has 4 heterocycles. The minimum absolute atomic E-state index is 0.0206. The molecule has 0 fully saturated rings. The molecule has 0 aliphatic carbocycles. The van der Waals surface area contributed by atoms with Gasteiger partial charge < -0.3 is 11.1 Å². The molecular formula is C31H26N8O2. The molecule has 4 aromatic heterocycles. The Bertz CT molecular complexity index is 2150. The highest BCUT2D eigenvalue weighted by Gasteiger charge is 2.24. The number of hydrogen-bond acceptors (Lipinski definition) is 6. The van der Waals surface area contributed by atoms with Crippen molar-refractivity contribution in [3.8, 4) is 17.5 Å². The number of nitrogens with two attached hydrogens (primary N) is 1. The first-order valence-corrected chi connectivity index (χ1v) is 12.8. The van der Waals surface area contributed by atoms with E-state index in [2.05, 4.69) is 32.3 Å². The largest absolute Gasteiger partial charge is 0.381 e. The van der Waals surface area contributed by atoms with Gasteiger partial charge in [0.15, 0.2) is 11.5 Å². The molecule has 1 amide bonds. The van der Waals surface area contributed by atoms with Crippen molar-refractivity contribution in [3.05, 3.63) is 118 Å². The normalized spacial score (nSPS) is 12.9. The fraction of sp³-hybridized carbons (Fsp3) is 0.129. The number of carbonyl (C=O) groups is 1. The number of aryl methyl sites for hydroxylation is 2. The standard InChI is InChI=1S/C31H26N8O2/c1-19-7-4-10-24(17-19)39-25(20(2)34-30(40)27-28(32)36-38-15-6-14-33-29(27)38)18-22-9-5-8-21(26(22)31(39)41)11-12-23-13-16-37(3)35-23/h4-10,13-18,20H,1-3H3,(H2,32,36)(H,34,40)/t20-/m0/s1/i20D. The van der Waals surface area contributed by atoms with E-state index in [9.17, 15) is 11.0 Å². The van der Waals surface area contributed by atoms with Crippen molar-refractivity contribution in [2.45, 2.75) is 19.9 Å². The molecule has 0 saturated heterocycles. The van der Waals surface area contributed by atoms with E-state index in [1.54, 1.807) is 59.5 Å². The average molecular weight is 544 g/mol. The number of nitrogens with zero attached hydrogens (tertiary/aromatic N) is 6. The molecule has 0 radical (unpaired) electrons. The number of rotatable bonds is 4. The molecule has 0 spiro atoms. The van der Waals surface area contributed by atoms with Crippen LogP contribution in [-0.4, -0.2) is 34.9 Å². The Balaban J connectivity index is 1.53. The quantitative estimate of drug-likeness (QED) is 0.328. The first-order chi connectivity index (χ1) is 20.1. The maximum atomic E-state index is 14.3. The van der Waals surface area contributed by atoms with Crippen LogP contribution in [0.1, 0.15) is 47.2 Å². The van der Waals surface area contributed by atoms with Gasteiger partial charge in [-0.05, 0) is 67.1 Å². The van der Waals surface area contributed by atoms with Crippen LogP contribution in [0.15, 0.2) is 84.0 Å². The lowest BCUT2D eigenvalue weighted by atomic mass is 10.0. The Labute approximate surface area is 236 Å². The summed E-state index contributed by atoms with van der Waals surface area (Å²) in [6.07, 6.45) is 4.95. The molecule has 0 unspecified atom stereocenters. The Kier molecular flexibility index (Phi) is 6.02. The van der Waals surface area contributed by atoms with E-state index in [0.717, 1.165) is 5.56 Å². The van der Waals surface area contributed by atoms with E-state index in [0.29, 0.717) is 27.7 Å². The molecule has 2 aromatic carbocycles. The van der Waals surface area contributed by atoms with Gasteiger partial charge in [0.25, 0.3) is 11.5 Å². The first kappa shape index (κ1) is 24.4. The molecule has 0 aliphatic rings. The van der Waals surface area contributed by atoms with Gasteiger partial charge >= 0.3 is 0 Å². The van der Waals surface area contributed by atoms with Crippen molar-refractivity contribution < 1.29 is 6.17 Å². The maximum absolute atomic E-state index is 14.3. The van der Waals surface area contributed by atoms with Crippen LogP contribution in [-0.2, 0) is 7.05 Å². The molecule has 0 saturated carbocycles. The molecule has 3 N–H and O–H groups in total. The highest BCUT2D eigenvalue weighted by molar-refractivity contribution is 6.04. The van der Waals surface area contributed by atoms with E-state index >= 15 is 0 Å². The molecule has 6 rings (SSSR count). The van der Waals surface area contributed by atoms with Crippen LogP contribution in [0.2, 0.25) is 0 Å². The van der Waals surface area contributed by atoms with Gasteiger partial charge in [0.1, 0.15) is 11.3 Å². The van der Waals surface area contributed by atoms with Gasteiger partial charge in [-0.2, -0.15) is 5.10 Å².